The first-order valence-corrected chi connectivity index (χ1v) is 19.2. The first kappa shape index (κ1) is 41.0. The third-order valence-corrected chi connectivity index (χ3v) is 10.1. The van der Waals surface area contributed by atoms with E-state index >= 15 is 0 Å². The van der Waals surface area contributed by atoms with Gasteiger partial charge in [-0.2, -0.15) is 5.10 Å². The summed E-state index contributed by atoms with van der Waals surface area (Å²) in [5.74, 6) is -2.08. The van der Waals surface area contributed by atoms with Crippen molar-refractivity contribution in [2.45, 2.75) is 89.4 Å². The second-order valence-electron chi connectivity index (χ2n) is 13.9. The lowest BCUT2D eigenvalue weighted by Crippen LogP contribution is -2.56. The summed E-state index contributed by atoms with van der Waals surface area (Å²) in [6.07, 6.45) is 3.98. The molecule has 3 heterocycles. The van der Waals surface area contributed by atoms with E-state index in [0.29, 0.717) is 31.5 Å². The summed E-state index contributed by atoms with van der Waals surface area (Å²) in [5, 5.41) is 10.3. The number of hydrogen-bond donors (Lipinski definition) is 2. The van der Waals surface area contributed by atoms with Gasteiger partial charge in [-0.3, -0.25) is 24.0 Å². The van der Waals surface area contributed by atoms with Gasteiger partial charge in [0.15, 0.2) is 12.3 Å². The standard InChI is InChI=1S/C38H53N7O10/c1-4-53-38(51)43-21-19-42(20-22-43)37(50)29(15-16-34(47)54-23-17-26(2)52-3)40-35(48)30-24-33(45(41-30)28-12-6-5-7-13-28)55-25-32(46)44-18-9-14-31(44)36(49)39-27-10-8-11-27/h5-7,12-13,24,26-27,29,31H,4,8-11,14-23,25H2,1-3H3,(H,39,49)(H,40,48)/t26-,29?,31-/m0/s1. The molecule has 2 N–H and O–H groups in total. The average Bonchev–Trinajstić information content (AvgIpc) is 3.85. The maximum Gasteiger partial charge on any atom is 0.409 e. The molecule has 5 rings (SSSR count). The number of amides is 5. The van der Waals surface area contributed by atoms with Crippen molar-refractivity contribution in [2.75, 3.05) is 59.7 Å². The van der Waals surface area contributed by atoms with Gasteiger partial charge < -0.3 is 44.3 Å². The lowest BCUT2D eigenvalue weighted by atomic mass is 9.93. The highest BCUT2D eigenvalue weighted by molar-refractivity contribution is 5.96. The number of rotatable bonds is 17. The molecule has 300 valence electrons. The van der Waals surface area contributed by atoms with E-state index in [4.69, 9.17) is 18.9 Å². The van der Waals surface area contributed by atoms with Crippen LogP contribution in [0.4, 0.5) is 4.79 Å². The van der Waals surface area contributed by atoms with Crippen molar-refractivity contribution in [3.8, 4) is 11.6 Å². The van der Waals surface area contributed by atoms with Crippen LogP contribution in [0.25, 0.3) is 5.69 Å². The smallest absolute Gasteiger partial charge is 0.409 e. The number of benzene rings is 1. The number of nitrogens with zero attached hydrogens (tertiary/aromatic N) is 5. The third kappa shape index (κ3) is 11.2. The van der Waals surface area contributed by atoms with Crippen molar-refractivity contribution in [3.63, 3.8) is 0 Å². The second kappa shape index (κ2) is 19.9. The molecule has 1 saturated carbocycles. The zero-order chi connectivity index (χ0) is 39.3. The number of likely N-dealkylation sites (tertiary alicyclic amines) is 1. The van der Waals surface area contributed by atoms with Crippen molar-refractivity contribution >= 4 is 35.7 Å². The third-order valence-electron chi connectivity index (χ3n) is 10.1. The quantitative estimate of drug-likeness (QED) is 0.224. The molecule has 0 radical (unpaired) electrons. The molecule has 2 aromatic rings. The maximum absolute atomic E-state index is 13.9. The SMILES string of the molecule is CCOC(=O)N1CCN(C(=O)C(CCC(=O)OCC[C@H](C)OC)NC(=O)c2cc(OCC(=O)N3CCC[C@H]3C(=O)NC3CCC3)n(-c3ccccc3)n2)CC1. The van der Waals surface area contributed by atoms with Crippen molar-refractivity contribution in [1.82, 2.24) is 35.1 Å². The topological polar surface area (TPSA) is 191 Å². The Labute approximate surface area is 320 Å². The Hall–Kier alpha value is -5.19. The largest absolute Gasteiger partial charge is 0.467 e. The fourth-order valence-corrected chi connectivity index (χ4v) is 6.56. The summed E-state index contributed by atoms with van der Waals surface area (Å²) < 4.78 is 23.0. The number of para-hydroxylation sites is 1. The molecule has 2 aliphatic heterocycles. The van der Waals surface area contributed by atoms with Gasteiger partial charge in [-0.05, 0) is 64.5 Å². The van der Waals surface area contributed by atoms with E-state index in [9.17, 15) is 28.8 Å². The number of nitrogens with one attached hydrogen (secondary N) is 2. The molecular weight excluding hydrogens is 714 g/mol. The first-order valence-electron chi connectivity index (χ1n) is 19.2. The zero-order valence-electron chi connectivity index (χ0n) is 31.9. The summed E-state index contributed by atoms with van der Waals surface area (Å²) >= 11 is 0. The van der Waals surface area contributed by atoms with E-state index < -0.39 is 42.6 Å². The van der Waals surface area contributed by atoms with Gasteiger partial charge in [0.25, 0.3) is 11.8 Å². The van der Waals surface area contributed by atoms with Crippen LogP contribution in [0, 0.1) is 0 Å². The fraction of sp³-hybridized carbons (Fsp3) is 0.605. The Kier molecular flexibility index (Phi) is 14.9. The Balaban J connectivity index is 1.28. The van der Waals surface area contributed by atoms with Crippen LogP contribution in [0.3, 0.4) is 0 Å². The molecule has 17 heteroatoms. The van der Waals surface area contributed by atoms with Gasteiger partial charge in [-0.15, -0.1) is 0 Å². The molecule has 1 unspecified atom stereocenters. The van der Waals surface area contributed by atoms with Crippen molar-refractivity contribution in [1.29, 1.82) is 0 Å². The van der Waals surface area contributed by atoms with E-state index in [2.05, 4.69) is 15.7 Å². The number of hydrogen-bond acceptors (Lipinski definition) is 11. The van der Waals surface area contributed by atoms with Gasteiger partial charge in [0.05, 0.1) is 25.0 Å². The highest BCUT2D eigenvalue weighted by Crippen LogP contribution is 2.24. The second-order valence-corrected chi connectivity index (χ2v) is 13.9. The molecule has 3 atom stereocenters. The van der Waals surface area contributed by atoms with Crippen LogP contribution in [0.5, 0.6) is 5.88 Å². The Morgan fingerprint density at radius 1 is 0.909 bits per heavy atom. The molecule has 55 heavy (non-hydrogen) atoms. The van der Waals surface area contributed by atoms with E-state index in [0.717, 1.165) is 19.3 Å². The molecular formula is C38H53N7O10. The number of piperazine rings is 1. The minimum atomic E-state index is -1.13. The Morgan fingerprint density at radius 3 is 2.31 bits per heavy atom. The van der Waals surface area contributed by atoms with E-state index in [1.165, 1.54) is 25.4 Å². The van der Waals surface area contributed by atoms with Crippen LogP contribution >= 0.6 is 0 Å². The van der Waals surface area contributed by atoms with E-state index in [1.807, 2.05) is 13.0 Å². The fourth-order valence-electron chi connectivity index (χ4n) is 6.56. The van der Waals surface area contributed by atoms with Gasteiger partial charge >= 0.3 is 12.1 Å². The summed E-state index contributed by atoms with van der Waals surface area (Å²) in [7, 11) is 1.57. The van der Waals surface area contributed by atoms with E-state index in [-0.39, 0.29) is 87.8 Å². The van der Waals surface area contributed by atoms with Gasteiger partial charge in [-0.1, -0.05) is 18.2 Å². The Bertz CT molecular complexity index is 1640. The predicted octanol–water partition coefficient (Wildman–Crippen LogP) is 2.06. The summed E-state index contributed by atoms with van der Waals surface area (Å²) in [6.45, 7) is 4.89. The van der Waals surface area contributed by atoms with Gasteiger partial charge in [0, 0.05) is 64.8 Å². The number of methoxy groups -OCH3 is 1. The van der Waals surface area contributed by atoms with Gasteiger partial charge in [0.2, 0.25) is 17.7 Å². The highest BCUT2D eigenvalue weighted by atomic mass is 16.6. The van der Waals surface area contributed by atoms with Crippen LogP contribution in [-0.2, 0) is 33.4 Å². The molecule has 2 saturated heterocycles. The van der Waals surface area contributed by atoms with Crippen LogP contribution in [0.15, 0.2) is 36.4 Å². The lowest BCUT2D eigenvalue weighted by molar-refractivity contribution is -0.145. The highest BCUT2D eigenvalue weighted by Gasteiger charge is 2.36. The number of carbonyl (C=O) groups excluding carboxylic acids is 6. The molecule has 3 aliphatic rings. The minimum Gasteiger partial charge on any atom is -0.467 e. The molecule has 1 aromatic carbocycles. The number of aromatic nitrogens is 2. The number of carbonyl (C=O) groups is 6. The van der Waals surface area contributed by atoms with E-state index in [1.54, 1.807) is 38.3 Å². The summed E-state index contributed by atoms with van der Waals surface area (Å²) in [6, 6.07) is 8.75. The zero-order valence-corrected chi connectivity index (χ0v) is 31.9. The molecule has 0 spiro atoms. The molecule has 0 bridgehead atoms. The van der Waals surface area contributed by atoms with Crippen LogP contribution < -0.4 is 15.4 Å². The molecule has 17 nitrogen and oxygen atoms in total. The molecule has 5 amide bonds. The lowest BCUT2D eigenvalue weighted by Gasteiger charge is -2.35. The normalized spacial score (nSPS) is 18.2. The van der Waals surface area contributed by atoms with Crippen molar-refractivity contribution < 1.29 is 47.7 Å². The average molecular weight is 768 g/mol. The summed E-state index contributed by atoms with van der Waals surface area (Å²) in [4.78, 5) is 83.5. The minimum absolute atomic E-state index is 0.0517. The van der Waals surface area contributed by atoms with Crippen LogP contribution in [0.1, 0.15) is 75.7 Å². The summed E-state index contributed by atoms with van der Waals surface area (Å²) in [5.41, 5.74) is 0.465. The molecule has 1 aliphatic carbocycles. The number of esters is 1. The van der Waals surface area contributed by atoms with Gasteiger partial charge in [0.1, 0.15) is 12.1 Å². The molecule has 1 aromatic heterocycles. The molecule has 3 fully saturated rings. The van der Waals surface area contributed by atoms with Gasteiger partial charge in [-0.25, -0.2) is 9.48 Å². The predicted molar refractivity (Wildman–Crippen MR) is 197 cm³/mol. The maximum atomic E-state index is 13.9. The number of ether oxygens (including phenoxy) is 4. The van der Waals surface area contributed by atoms with Crippen LogP contribution in [0.2, 0.25) is 0 Å². The monoisotopic (exact) mass is 767 g/mol. The first-order chi connectivity index (χ1) is 26.6. The van der Waals surface area contributed by atoms with Crippen molar-refractivity contribution in [2.24, 2.45) is 0 Å². The Morgan fingerprint density at radius 2 is 1.64 bits per heavy atom. The van der Waals surface area contributed by atoms with Crippen molar-refractivity contribution in [3.05, 3.63) is 42.1 Å². The van der Waals surface area contributed by atoms with Crippen LogP contribution in [-0.4, -0.2) is 144 Å².